The van der Waals surface area contributed by atoms with Gasteiger partial charge in [0.15, 0.2) is 0 Å². The van der Waals surface area contributed by atoms with Crippen LogP contribution in [0.1, 0.15) is 52.7 Å². The van der Waals surface area contributed by atoms with Crippen LogP contribution >= 0.6 is 0 Å². The Morgan fingerprint density at radius 3 is 2.14 bits per heavy atom. The summed E-state index contributed by atoms with van der Waals surface area (Å²) in [5, 5.41) is 3.95. The molecule has 1 heteroatoms. The number of aromatic amines is 1. The highest BCUT2D eigenvalue weighted by molar-refractivity contribution is 5.92. The van der Waals surface area contributed by atoms with Crippen LogP contribution in [0.15, 0.2) is 60.8 Å². The number of fused-ring (bicyclic) bond motifs is 2. The quantitative estimate of drug-likeness (QED) is 0.370. The summed E-state index contributed by atoms with van der Waals surface area (Å²) in [6.07, 6.45) is 3.14. The normalized spacial score (nSPS) is 12.8. The molecule has 0 bridgehead atoms. The third-order valence-corrected chi connectivity index (χ3v) is 5.45. The van der Waals surface area contributed by atoms with E-state index in [0.717, 1.165) is 6.42 Å². The number of hydrogen-bond donors (Lipinski definition) is 1. The summed E-state index contributed by atoms with van der Waals surface area (Å²) in [6.45, 7) is 13.7. The lowest BCUT2D eigenvalue weighted by molar-refractivity contribution is 0.411. The summed E-state index contributed by atoms with van der Waals surface area (Å²) in [5.41, 5.74) is 6.98. The molecule has 0 fully saturated rings. The number of H-pyrrole nitrogens is 1. The lowest BCUT2D eigenvalue weighted by Gasteiger charge is -2.21. The first kappa shape index (κ1) is 18.8. The second kappa shape index (κ2) is 6.51. The van der Waals surface area contributed by atoms with Gasteiger partial charge in [0.2, 0.25) is 0 Å². The van der Waals surface area contributed by atoms with Gasteiger partial charge in [-0.25, -0.2) is 0 Å². The Morgan fingerprint density at radius 2 is 1.43 bits per heavy atom. The maximum absolute atomic E-state index is 3.41. The second-order valence-corrected chi connectivity index (χ2v) is 10.3. The molecule has 28 heavy (non-hydrogen) atoms. The first-order valence-electron chi connectivity index (χ1n) is 10.2. The molecule has 3 aromatic carbocycles. The van der Waals surface area contributed by atoms with Gasteiger partial charge in [0.25, 0.3) is 0 Å². The van der Waals surface area contributed by atoms with Crippen molar-refractivity contribution in [3.8, 4) is 11.1 Å². The Kier molecular flexibility index (Phi) is 4.38. The molecule has 1 nitrogen and oxygen atoms in total. The Morgan fingerprint density at radius 1 is 0.714 bits per heavy atom. The van der Waals surface area contributed by atoms with E-state index >= 15 is 0 Å². The van der Waals surface area contributed by atoms with E-state index in [1.807, 2.05) is 6.20 Å². The van der Waals surface area contributed by atoms with Crippen molar-refractivity contribution in [2.24, 2.45) is 5.41 Å². The van der Waals surface area contributed by atoms with Gasteiger partial charge in [-0.15, -0.1) is 0 Å². The largest absolute Gasteiger partial charge is 0.361 e. The predicted octanol–water partition coefficient (Wildman–Crippen LogP) is 7.87. The van der Waals surface area contributed by atoms with Crippen LogP contribution in [0, 0.1) is 5.41 Å². The van der Waals surface area contributed by atoms with Crippen molar-refractivity contribution < 1.29 is 0 Å². The van der Waals surface area contributed by atoms with Gasteiger partial charge in [-0.1, -0.05) is 71.9 Å². The van der Waals surface area contributed by atoms with Crippen LogP contribution in [0.3, 0.4) is 0 Å². The zero-order valence-electron chi connectivity index (χ0n) is 18.0. The van der Waals surface area contributed by atoms with Crippen LogP contribution in [-0.2, 0) is 11.8 Å². The summed E-state index contributed by atoms with van der Waals surface area (Å²) >= 11 is 0. The van der Waals surface area contributed by atoms with Crippen molar-refractivity contribution in [2.75, 3.05) is 0 Å². The van der Waals surface area contributed by atoms with E-state index in [1.54, 1.807) is 0 Å². The van der Waals surface area contributed by atoms with Gasteiger partial charge in [-0.2, -0.15) is 0 Å². The topological polar surface area (TPSA) is 15.8 Å². The number of nitrogens with one attached hydrogen (secondary N) is 1. The fourth-order valence-electron chi connectivity index (χ4n) is 4.15. The molecule has 0 radical (unpaired) electrons. The van der Waals surface area contributed by atoms with Crippen molar-refractivity contribution in [1.29, 1.82) is 0 Å². The fraction of sp³-hybridized carbons (Fsp3) is 0.333. The monoisotopic (exact) mass is 369 g/mol. The molecule has 1 heterocycles. The maximum Gasteiger partial charge on any atom is 0.0463 e. The molecule has 0 aliphatic carbocycles. The molecule has 0 atom stereocenters. The molecule has 0 unspecified atom stereocenters. The van der Waals surface area contributed by atoms with E-state index in [2.05, 4.69) is 101 Å². The number of hydrogen-bond acceptors (Lipinski definition) is 0. The highest BCUT2D eigenvalue weighted by atomic mass is 14.7. The molecule has 0 amide bonds. The first-order chi connectivity index (χ1) is 13.1. The molecular weight excluding hydrogens is 338 g/mol. The van der Waals surface area contributed by atoms with Gasteiger partial charge in [-0.3, -0.25) is 0 Å². The minimum absolute atomic E-state index is 0.106. The molecular formula is C27H31N. The van der Waals surface area contributed by atoms with Crippen LogP contribution in [0.2, 0.25) is 0 Å². The van der Waals surface area contributed by atoms with E-state index < -0.39 is 0 Å². The van der Waals surface area contributed by atoms with Crippen molar-refractivity contribution in [3.05, 3.63) is 71.9 Å². The van der Waals surface area contributed by atoms with Gasteiger partial charge in [-0.05, 0) is 74.5 Å². The summed E-state index contributed by atoms with van der Waals surface area (Å²) < 4.78 is 0. The average molecular weight is 370 g/mol. The molecule has 1 N–H and O–H groups in total. The van der Waals surface area contributed by atoms with Crippen molar-refractivity contribution in [2.45, 2.75) is 53.4 Å². The zero-order valence-corrected chi connectivity index (χ0v) is 18.0. The van der Waals surface area contributed by atoms with Crippen LogP contribution in [0.25, 0.3) is 32.8 Å². The summed E-state index contributed by atoms with van der Waals surface area (Å²) in [7, 11) is 0. The molecule has 4 rings (SSSR count). The van der Waals surface area contributed by atoms with Crippen molar-refractivity contribution >= 4 is 21.7 Å². The van der Waals surface area contributed by atoms with Gasteiger partial charge >= 0.3 is 0 Å². The summed E-state index contributed by atoms with van der Waals surface area (Å²) in [4.78, 5) is 3.41. The minimum Gasteiger partial charge on any atom is -0.361 e. The highest BCUT2D eigenvalue weighted by Crippen LogP contribution is 2.35. The van der Waals surface area contributed by atoms with E-state index in [9.17, 15) is 0 Å². The standard InChI is InChI=1S/C27H31N/c1-26(2,3)17-18-7-8-20-14-21(10-9-19(20)13-18)22-15-24(27(4,5)6)23-11-12-28-25(23)16-22/h7-16,28H,17H2,1-6H3. The highest BCUT2D eigenvalue weighted by Gasteiger charge is 2.19. The van der Waals surface area contributed by atoms with Crippen LogP contribution in [-0.4, -0.2) is 4.98 Å². The third-order valence-electron chi connectivity index (χ3n) is 5.45. The molecule has 0 spiro atoms. The lowest BCUT2D eigenvalue weighted by Crippen LogP contribution is -2.11. The molecule has 0 saturated heterocycles. The second-order valence-electron chi connectivity index (χ2n) is 10.3. The molecule has 1 aromatic heterocycles. The fourth-order valence-corrected chi connectivity index (χ4v) is 4.15. The Bertz CT molecular complexity index is 1150. The molecule has 0 aliphatic rings. The first-order valence-corrected chi connectivity index (χ1v) is 10.2. The van der Waals surface area contributed by atoms with Crippen LogP contribution in [0.4, 0.5) is 0 Å². The smallest absolute Gasteiger partial charge is 0.0463 e. The van der Waals surface area contributed by atoms with E-state index in [4.69, 9.17) is 0 Å². The Labute approximate surface area is 168 Å². The SMILES string of the molecule is CC(C)(C)Cc1ccc2cc(-c3cc(C(C)(C)C)c4cc[nH]c4c3)ccc2c1. The lowest BCUT2D eigenvalue weighted by atomic mass is 9.83. The van der Waals surface area contributed by atoms with Crippen molar-refractivity contribution in [3.63, 3.8) is 0 Å². The van der Waals surface area contributed by atoms with Crippen molar-refractivity contribution in [1.82, 2.24) is 4.98 Å². The number of benzene rings is 3. The summed E-state index contributed by atoms with van der Waals surface area (Å²) in [6, 6.07) is 20.6. The number of aromatic nitrogens is 1. The van der Waals surface area contributed by atoms with Crippen LogP contribution in [0.5, 0.6) is 0 Å². The van der Waals surface area contributed by atoms with Gasteiger partial charge < -0.3 is 4.98 Å². The number of rotatable bonds is 2. The molecule has 0 aliphatic heterocycles. The Balaban J connectivity index is 1.80. The molecule has 4 aromatic rings. The van der Waals surface area contributed by atoms with Gasteiger partial charge in [0.05, 0.1) is 0 Å². The average Bonchev–Trinajstić information content (AvgIpc) is 3.06. The summed E-state index contributed by atoms with van der Waals surface area (Å²) in [5.74, 6) is 0. The maximum atomic E-state index is 3.41. The third kappa shape index (κ3) is 3.71. The zero-order chi connectivity index (χ0) is 20.1. The van der Waals surface area contributed by atoms with E-state index in [-0.39, 0.29) is 5.41 Å². The minimum atomic E-state index is 0.106. The van der Waals surface area contributed by atoms with Gasteiger partial charge in [0.1, 0.15) is 0 Å². The van der Waals surface area contributed by atoms with E-state index in [1.165, 1.54) is 43.9 Å². The Hall–Kier alpha value is -2.54. The predicted molar refractivity (Wildman–Crippen MR) is 123 cm³/mol. The van der Waals surface area contributed by atoms with Crippen LogP contribution < -0.4 is 0 Å². The van der Waals surface area contributed by atoms with Gasteiger partial charge in [0, 0.05) is 17.1 Å². The van der Waals surface area contributed by atoms with E-state index in [0.29, 0.717) is 5.41 Å². The molecule has 144 valence electrons. The molecule has 0 saturated carbocycles.